The number of hydrogen-bond acceptors (Lipinski definition) is 6. The molecule has 10 heteroatoms. The largest absolute Gasteiger partial charge is 0.445 e. The van der Waals surface area contributed by atoms with Gasteiger partial charge in [-0.05, 0) is 63.6 Å². The molecule has 0 spiro atoms. The number of para-hydroxylation sites is 1. The van der Waals surface area contributed by atoms with Gasteiger partial charge in [0.05, 0.1) is 18.0 Å². The van der Waals surface area contributed by atoms with Crippen LogP contribution in [-0.2, 0) is 25.7 Å². The Balaban J connectivity index is 1.38. The van der Waals surface area contributed by atoms with E-state index >= 15 is 0 Å². The van der Waals surface area contributed by atoms with Crippen LogP contribution in [-0.4, -0.2) is 70.6 Å². The number of hydrogen-bond donors (Lipinski definition) is 2. The number of benzene rings is 2. The maximum Gasteiger partial charge on any atom is 0.410 e. The van der Waals surface area contributed by atoms with Gasteiger partial charge in [-0.2, -0.15) is 0 Å². The average Bonchev–Trinajstić information content (AvgIpc) is 3.60. The van der Waals surface area contributed by atoms with Crippen molar-refractivity contribution in [2.24, 2.45) is 11.8 Å². The molecule has 2 aromatic carbocycles. The summed E-state index contributed by atoms with van der Waals surface area (Å²) in [5.41, 5.74) is 0.791. The van der Waals surface area contributed by atoms with Gasteiger partial charge >= 0.3 is 12.2 Å². The van der Waals surface area contributed by atoms with Gasteiger partial charge in [-0.15, -0.1) is 0 Å². The molecule has 44 heavy (non-hydrogen) atoms. The maximum atomic E-state index is 14.4. The molecule has 5 rings (SSSR count). The minimum absolute atomic E-state index is 0.0345. The summed E-state index contributed by atoms with van der Waals surface area (Å²) in [4.78, 5) is 57.8. The summed E-state index contributed by atoms with van der Waals surface area (Å²) < 4.78 is 11.2. The van der Waals surface area contributed by atoms with Crippen LogP contribution in [0.1, 0.15) is 64.9 Å². The molecular formula is C34H44N4O6. The van der Waals surface area contributed by atoms with E-state index in [0.29, 0.717) is 18.7 Å². The lowest BCUT2D eigenvalue weighted by atomic mass is 9.83. The van der Waals surface area contributed by atoms with Gasteiger partial charge in [0.15, 0.2) is 0 Å². The third-order valence-electron chi connectivity index (χ3n) is 8.79. The predicted molar refractivity (Wildman–Crippen MR) is 166 cm³/mol. The van der Waals surface area contributed by atoms with Crippen molar-refractivity contribution >= 4 is 29.7 Å². The third-order valence-corrected chi connectivity index (χ3v) is 8.79. The highest BCUT2D eigenvalue weighted by atomic mass is 16.6. The molecule has 2 N–H and O–H groups in total. The van der Waals surface area contributed by atoms with E-state index in [9.17, 15) is 19.2 Å². The highest BCUT2D eigenvalue weighted by Crippen LogP contribution is 2.38. The molecule has 2 aromatic rings. The highest BCUT2D eigenvalue weighted by molar-refractivity contribution is 5.95. The summed E-state index contributed by atoms with van der Waals surface area (Å²) in [5.74, 6) is -1.21. The normalized spacial score (nSPS) is 22.6. The second kappa shape index (κ2) is 13.7. The predicted octanol–water partition coefficient (Wildman–Crippen LogP) is 5.34. The zero-order chi connectivity index (χ0) is 31.3. The summed E-state index contributed by atoms with van der Waals surface area (Å²) in [5, 5.41) is 5.88. The number of nitrogens with one attached hydrogen (secondary N) is 2. The number of carbonyl (C=O) groups is 4. The molecular weight excluding hydrogens is 560 g/mol. The summed E-state index contributed by atoms with van der Waals surface area (Å²) in [6.07, 6.45) is 4.08. The monoisotopic (exact) mass is 604 g/mol. The van der Waals surface area contributed by atoms with Crippen LogP contribution in [0.2, 0.25) is 0 Å². The molecule has 1 saturated carbocycles. The first-order valence-corrected chi connectivity index (χ1v) is 15.7. The van der Waals surface area contributed by atoms with E-state index in [4.69, 9.17) is 9.47 Å². The highest BCUT2D eigenvalue weighted by Gasteiger charge is 2.55. The van der Waals surface area contributed by atoms with Gasteiger partial charge in [-0.3, -0.25) is 9.59 Å². The Morgan fingerprint density at radius 3 is 2.20 bits per heavy atom. The van der Waals surface area contributed by atoms with E-state index in [2.05, 4.69) is 10.6 Å². The summed E-state index contributed by atoms with van der Waals surface area (Å²) >= 11 is 0. The lowest BCUT2D eigenvalue weighted by molar-refractivity contribution is -0.137. The van der Waals surface area contributed by atoms with Gasteiger partial charge in [0, 0.05) is 18.8 Å². The average molecular weight is 605 g/mol. The minimum atomic E-state index is -0.777. The molecule has 1 aliphatic carbocycles. The zero-order valence-corrected chi connectivity index (χ0v) is 25.9. The van der Waals surface area contributed by atoms with Gasteiger partial charge < -0.3 is 29.9 Å². The Hall–Kier alpha value is -4.08. The van der Waals surface area contributed by atoms with Crippen LogP contribution in [0.4, 0.5) is 15.3 Å². The van der Waals surface area contributed by atoms with E-state index < -0.39 is 35.8 Å². The van der Waals surface area contributed by atoms with Gasteiger partial charge in [-0.1, -0.05) is 67.8 Å². The van der Waals surface area contributed by atoms with E-state index in [1.807, 2.05) is 48.5 Å². The van der Waals surface area contributed by atoms with Crippen molar-refractivity contribution in [3.05, 3.63) is 66.2 Å². The molecule has 3 aliphatic rings. The van der Waals surface area contributed by atoms with Crippen molar-refractivity contribution in [2.75, 3.05) is 18.4 Å². The first-order chi connectivity index (χ1) is 21.1. The Morgan fingerprint density at radius 1 is 0.886 bits per heavy atom. The molecule has 2 saturated heterocycles. The van der Waals surface area contributed by atoms with Crippen LogP contribution >= 0.6 is 0 Å². The van der Waals surface area contributed by atoms with Crippen molar-refractivity contribution in [1.82, 2.24) is 15.1 Å². The molecule has 4 atom stereocenters. The molecule has 3 fully saturated rings. The molecule has 2 heterocycles. The van der Waals surface area contributed by atoms with Crippen LogP contribution in [0.15, 0.2) is 60.7 Å². The number of anilines is 1. The second-order valence-corrected chi connectivity index (χ2v) is 13.1. The van der Waals surface area contributed by atoms with Gasteiger partial charge in [-0.25, -0.2) is 9.59 Å². The number of nitrogens with zero attached hydrogens (tertiary/aromatic N) is 2. The first-order valence-electron chi connectivity index (χ1n) is 15.7. The standard InChI is InChI=1S/C34H44N4O6/c1-34(2,3)44-32(41)36-28(24-15-9-5-10-16-24)31(40)37-20-19-27-29(37)26(30(39)35-25-17-11-6-12-18-25)21-38(27)33(42)43-22-23-13-7-4-8-14-23/h4,6-8,11-14,17-18,24,26-29H,5,9-10,15-16,19-22H2,1-3H3,(H,35,39)(H,36,41). The Morgan fingerprint density at radius 2 is 1.55 bits per heavy atom. The SMILES string of the molecule is CC(C)(C)OC(=O)NC(C(=O)N1CCC2C1C(C(=O)Nc1ccccc1)CN2C(=O)OCc1ccccc1)C1CCCCC1. The fraction of sp³-hybridized carbons (Fsp3) is 0.529. The van der Waals surface area contributed by atoms with E-state index in [1.165, 1.54) is 0 Å². The summed E-state index contributed by atoms with van der Waals surface area (Å²) in [6.45, 7) is 5.96. The topological polar surface area (TPSA) is 117 Å². The van der Waals surface area contributed by atoms with Crippen molar-refractivity contribution < 1.29 is 28.7 Å². The number of fused-ring (bicyclic) bond motifs is 1. The first kappa shape index (κ1) is 31.3. The van der Waals surface area contributed by atoms with Crippen LogP contribution in [0, 0.1) is 11.8 Å². The van der Waals surface area contributed by atoms with Crippen molar-refractivity contribution in [2.45, 2.75) is 89.6 Å². The molecule has 2 aliphatic heterocycles. The Kier molecular flexibility index (Phi) is 9.76. The molecule has 10 nitrogen and oxygen atoms in total. The van der Waals surface area contributed by atoms with E-state index in [0.717, 1.165) is 37.7 Å². The number of carbonyl (C=O) groups excluding carboxylic acids is 4. The number of alkyl carbamates (subject to hydrolysis) is 1. The summed E-state index contributed by atoms with van der Waals surface area (Å²) in [7, 11) is 0. The molecule has 4 amide bonds. The fourth-order valence-electron chi connectivity index (χ4n) is 6.81. The maximum absolute atomic E-state index is 14.4. The zero-order valence-electron chi connectivity index (χ0n) is 25.9. The number of ether oxygens (including phenoxy) is 2. The quantitative estimate of drug-likeness (QED) is 0.441. The molecule has 4 unspecified atom stereocenters. The lowest BCUT2D eigenvalue weighted by Gasteiger charge is -2.36. The van der Waals surface area contributed by atoms with E-state index in [-0.39, 0.29) is 36.9 Å². The number of likely N-dealkylation sites (tertiary alicyclic amines) is 2. The van der Waals surface area contributed by atoms with Crippen molar-refractivity contribution in [1.29, 1.82) is 0 Å². The fourth-order valence-corrected chi connectivity index (χ4v) is 6.81. The third kappa shape index (κ3) is 7.52. The van der Waals surface area contributed by atoms with Crippen LogP contribution in [0.25, 0.3) is 0 Å². The molecule has 0 bridgehead atoms. The van der Waals surface area contributed by atoms with Gasteiger partial charge in [0.25, 0.3) is 0 Å². The van der Waals surface area contributed by atoms with Crippen LogP contribution in [0.3, 0.4) is 0 Å². The molecule has 0 radical (unpaired) electrons. The second-order valence-electron chi connectivity index (χ2n) is 13.1. The number of rotatable bonds is 7. The number of amides is 4. The van der Waals surface area contributed by atoms with Crippen molar-refractivity contribution in [3.8, 4) is 0 Å². The van der Waals surface area contributed by atoms with Crippen LogP contribution < -0.4 is 10.6 Å². The van der Waals surface area contributed by atoms with Crippen LogP contribution in [0.5, 0.6) is 0 Å². The van der Waals surface area contributed by atoms with E-state index in [1.54, 1.807) is 42.7 Å². The summed E-state index contributed by atoms with van der Waals surface area (Å²) in [6, 6.07) is 16.9. The lowest BCUT2D eigenvalue weighted by Crippen LogP contribution is -2.56. The molecule has 0 aromatic heterocycles. The van der Waals surface area contributed by atoms with Crippen molar-refractivity contribution in [3.63, 3.8) is 0 Å². The Bertz CT molecular complexity index is 1310. The smallest absolute Gasteiger partial charge is 0.410 e. The van der Waals surface area contributed by atoms with Gasteiger partial charge in [0.1, 0.15) is 18.2 Å². The minimum Gasteiger partial charge on any atom is -0.445 e. The molecule has 236 valence electrons. The Labute approximate surface area is 259 Å². The van der Waals surface area contributed by atoms with Gasteiger partial charge in [0.2, 0.25) is 11.8 Å².